The molecule has 2 aromatic carbocycles. The Morgan fingerprint density at radius 1 is 1.00 bits per heavy atom. The number of fused-ring (bicyclic) bond motifs is 1. The highest BCUT2D eigenvalue weighted by molar-refractivity contribution is 5.76. The van der Waals surface area contributed by atoms with Crippen molar-refractivity contribution in [1.29, 1.82) is 0 Å². The van der Waals surface area contributed by atoms with Crippen LogP contribution in [-0.2, 0) is 7.05 Å². The quantitative estimate of drug-likeness (QED) is 0.684. The van der Waals surface area contributed by atoms with E-state index in [4.69, 9.17) is 4.98 Å². The third kappa shape index (κ3) is 2.03. The number of aryl methyl sites for hydroxylation is 1. The first-order valence-electron chi connectivity index (χ1n) is 6.77. The molecular formula is C17H18N2. The maximum atomic E-state index is 4.82. The first-order chi connectivity index (χ1) is 9.31. The third-order valence-electron chi connectivity index (χ3n) is 3.74. The van der Waals surface area contributed by atoms with Crippen molar-refractivity contribution in [2.45, 2.75) is 19.3 Å². The average Bonchev–Trinajstić information content (AvgIpc) is 2.79. The second-order valence-corrected chi connectivity index (χ2v) is 4.89. The molecule has 0 aliphatic heterocycles. The van der Waals surface area contributed by atoms with E-state index in [0.717, 1.165) is 17.8 Å². The van der Waals surface area contributed by atoms with Gasteiger partial charge in [-0.3, -0.25) is 0 Å². The summed E-state index contributed by atoms with van der Waals surface area (Å²) >= 11 is 0. The van der Waals surface area contributed by atoms with Gasteiger partial charge in [0.2, 0.25) is 0 Å². The predicted molar refractivity (Wildman–Crippen MR) is 79.3 cm³/mol. The van der Waals surface area contributed by atoms with Crippen LogP contribution in [0.15, 0.2) is 54.6 Å². The predicted octanol–water partition coefficient (Wildman–Crippen LogP) is 4.12. The van der Waals surface area contributed by atoms with Gasteiger partial charge in [-0.25, -0.2) is 4.98 Å². The van der Waals surface area contributed by atoms with Crippen LogP contribution in [0.25, 0.3) is 11.0 Å². The summed E-state index contributed by atoms with van der Waals surface area (Å²) in [4.78, 5) is 4.82. The van der Waals surface area contributed by atoms with Gasteiger partial charge >= 0.3 is 0 Å². The van der Waals surface area contributed by atoms with Crippen LogP contribution in [0.4, 0.5) is 0 Å². The fourth-order valence-electron chi connectivity index (χ4n) is 2.73. The van der Waals surface area contributed by atoms with Gasteiger partial charge < -0.3 is 4.57 Å². The number of aromatic nitrogens is 2. The number of hydrogen-bond donors (Lipinski definition) is 0. The lowest BCUT2D eigenvalue weighted by Crippen LogP contribution is -2.07. The zero-order valence-electron chi connectivity index (χ0n) is 11.4. The molecule has 0 fully saturated rings. The summed E-state index contributed by atoms with van der Waals surface area (Å²) in [6.07, 6.45) is 1.06. The molecular weight excluding hydrogens is 232 g/mol. The molecule has 0 aliphatic carbocycles. The van der Waals surface area contributed by atoms with Crippen LogP contribution >= 0.6 is 0 Å². The Balaban J connectivity index is 2.14. The minimum absolute atomic E-state index is 0.360. The Morgan fingerprint density at radius 2 is 1.68 bits per heavy atom. The summed E-state index contributed by atoms with van der Waals surface area (Å²) < 4.78 is 2.22. The second-order valence-electron chi connectivity index (χ2n) is 4.89. The molecule has 1 aromatic heterocycles. The molecule has 0 aliphatic rings. The van der Waals surface area contributed by atoms with Gasteiger partial charge in [-0.2, -0.15) is 0 Å². The summed E-state index contributed by atoms with van der Waals surface area (Å²) in [7, 11) is 2.11. The SMILES string of the molecule is CCC(c1ccccc1)c1nc2ccccc2n1C. The standard InChI is InChI=1S/C17H18N2/c1-3-14(13-9-5-4-6-10-13)17-18-15-11-7-8-12-16(15)19(17)2/h4-12,14H,3H2,1-2H3. The molecule has 1 atom stereocenters. The Kier molecular flexibility index (Phi) is 3.08. The molecule has 3 rings (SSSR count). The number of nitrogens with zero attached hydrogens (tertiary/aromatic N) is 2. The average molecular weight is 250 g/mol. The largest absolute Gasteiger partial charge is 0.331 e. The highest BCUT2D eigenvalue weighted by atomic mass is 15.1. The number of benzene rings is 2. The smallest absolute Gasteiger partial charge is 0.117 e. The molecule has 0 saturated carbocycles. The molecule has 2 nitrogen and oxygen atoms in total. The molecule has 0 amide bonds. The van der Waals surface area contributed by atoms with Gasteiger partial charge in [0.15, 0.2) is 0 Å². The topological polar surface area (TPSA) is 17.8 Å². The van der Waals surface area contributed by atoms with E-state index in [1.165, 1.54) is 11.1 Å². The van der Waals surface area contributed by atoms with Crippen LogP contribution in [0.1, 0.15) is 30.7 Å². The molecule has 96 valence electrons. The van der Waals surface area contributed by atoms with Crippen molar-refractivity contribution in [2.24, 2.45) is 7.05 Å². The van der Waals surface area contributed by atoms with Crippen molar-refractivity contribution < 1.29 is 0 Å². The van der Waals surface area contributed by atoms with Gasteiger partial charge in [-0.05, 0) is 24.1 Å². The van der Waals surface area contributed by atoms with Crippen molar-refractivity contribution >= 4 is 11.0 Å². The summed E-state index contributed by atoms with van der Waals surface area (Å²) in [5.41, 5.74) is 3.62. The first kappa shape index (κ1) is 12.0. The van der Waals surface area contributed by atoms with Crippen molar-refractivity contribution in [2.75, 3.05) is 0 Å². The lowest BCUT2D eigenvalue weighted by Gasteiger charge is -2.15. The van der Waals surface area contributed by atoms with E-state index in [9.17, 15) is 0 Å². The molecule has 19 heavy (non-hydrogen) atoms. The number of hydrogen-bond acceptors (Lipinski definition) is 1. The van der Waals surface area contributed by atoms with Crippen LogP contribution in [0, 0.1) is 0 Å². The van der Waals surface area contributed by atoms with Gasteiger partial charge in [-0.15, -0.1) is 0 Å². The fraction of sp³-hybridized carbons (Fsp3) is 0.235. The molecule has 0 saturated heterocycles. The van der Waals surface area contributed by atoms with E-state index < -0.39 is 0 Å². The fourth-order valence-corrected chi connectivity index (χ4v) is 2.73. The number of rotatable bonds is 3. The molecule has 0 bridgehead atoms. The maximum Gasteiger partial charge on any atom is 0.117 e. The minimum Gasteiger partial charge on any atom is -0.331 e. The van der Waals surface area contributed by atoms with Gasteiger partial charge in [0.05, 0.1) is 11.0 Å². The van der Waals surface area contributed by atoms with Crippen molar-refractivity contribution in [1.82, 2.24) is 9.55 Å². The van der Waals surface area contributed by atoms with Crippen LogP contribution in [0.5, 0.6) is 0 Å². The van der Waals surface area contributed by atoms with Gasteiger partial charge in [0.25, 0.3) is 0 Å². The van der Waals surface area contributed by atoms with Crippen LogP contribution in [0.2, 0.25) is 0 Å². The van der Waals surface area contributed by atoms with E-state index >= 15 is 0 Å². The van der Waals surface area contributed by atoms with Crippen LogP contribution in [0.3, 0.4) is 0 Å². The highest BCUT2D eigenvalue weighted by Crippen LogP contribution is 2.29. The molecule has 0 N–H and O–H groups in total. The van der Waals surface area contributed by atoms with Gasteiger partial charge in [0, 0.05) is 13.0 Å². The van der Waals surface area contributed by atoms with Crippen molar-refractivity contribution in [3.8, 4) is 0 Å². The number of imidazole rings is 1. The zero-order valence-corrected chi connectivity index (χ0v) is 11.4. The summed E-state index contributed by atoms with van der Waals surface area (Å²) in [6, 6.07) is 19.0. The van der Waals surface area contributed by atoms with Crippen LogP contribution < -0.4 is 0 Å². The molecule has 3 aromatic rings. The summed E-state index contributed by atoms with van der Waals surface area (Å²) in [6.45, 7) is 2.22. The minimum atomic E-state index is 0.360. The Labute approximate surface area is 113 Å². The summed E-state index contributed by atoms with van der Waals surface area (Å²) in [5, 5.41) is 0. The van der Waals surface area contributed by atoms with Gasteiger partial charge in [0.1, 0.15) is 5.82 Å². The second kappa shape index (κ2) is 4.88. The van der Waals surface area contributed by atoms with Crippen LogP contribution in [-0.4, -0.2) is 9.55 Å². The maximum absolute atomic E-state index is 4.82. The molecule has 1 unspecified atom stereocenters. The normalized spacial score (nSPS) is 12.7. The lowest BCUT2D eigenvalue weighted by atomic mass is 9.96. The van der Waals surface area contributed by atoms with Crippen molar-refractivity contribution in [3.63, 3.8) is 0 Å². The van der Waals surface area contributed by atoms with E-state index in [0.29, 0.717) is 5.92 Å². The van der Waals surface area contributed by atoms with E-state index in [2.05, 4.69) is 67.1 Å². The molecule has 1 heterocycles. The van der Waals surface area contributed by atoms with E-state index in [1.807, 2.05) is 6.07 Å². The van der Waals surface area contributed by atoms with Gasteiger partial charge in [-0.1, -0.05) is 49.4 Å². The van der Waals surface area contributed by atoms with Crippen molar-refractivity contribution in [3.05, 3.63) is 66.0 Å². The molecule has 0 radical (unpaired) electrons. The Bertz CT molecular complexity index is 683. The Hall–Kier alpha value is -2.09. The Morgan fingerprint density at radius 3 is 2.37 bits per heavy atom. The highest BCUT2D eigenvalue weighted by Gasteiger charge is 2.18. The monoisotopic (exact) mass is 250 g/mol. The number of para-hydroxylation sites is 2. The lowest BCUT2D eigenvalue weighted by molar-refractivity contribution is 0.681. The summed E-state index contributed by atoms with van der Waals surface area (Å²) in [5.74, 6) is 1.51. The molecule has 0 spiro atoms. The third-order valence-corrected chi connectivity index (χ3v) is 3.74. The zero-order chi connectivity index (χ0) is 13.2. The van der Waals surface area contributed by atoms with E-state index in [1.54, 1.807) is 0 Å². The van der Waals surface area contributed by atoms with E-state index in [-0.39, 0.29) is 0 Å². The molecule has 2 heteroatoms. The first-order valence-corrected chi connectivity index (χ1v) is 6.77.